The van der Waals surface area contributed by atoms with Crippen LogP contribution in [0.3, 0.4) is 0 Å². The number of sulfone groups is 1. The van der Waals surface area contributed by atoms with Gasteiger partial charge < -0.3 is 15.1 Å². The maximum Gasteiger partial charge on any atom is 0.258 e. The second-order valence-corrected chi connectivity index (χ2v) is 11.9. The van der Waals surface area contributed by atoms with Gasteiger partial charge in [-0.25, -0.2) is 13.4 Å². The van der Waals surface area contributed by atoms with Crippen LogP contribution in [-0.2, 0) is 9.84 Å². The van der Waals surface area contributed by atoms with Crippen molar-refractivity contribution in [3.8, 4) is 0 Å². The quantitative estimate of drug-likeness (QED) is 0.651. The number of hydrogen-bond donors (Lipinski definition) is 1. The van der Waals surface area contributed by atoms with Gasteiger partial charge in [0.2, 0.25) is 0 Å². The number of carbonyl (C=O) groups excluding carboxylic acids is 1. The zero-order valence-electron chi connectivity index (χ0n) is 18.5. The standard InChI is InChI=1S/C23H28Cl2N4O3S/c1-28(18-6-10-29(11-7-18)19-8-12-33(31,32)13-9-19)21-4-2-16(24)14-20(21)23(30)27-22-5-3-17(25)15-26-22/h2-5,14-15,18-19H,6-13H2,1H3,(H,26,27,30). The first-order valence-electron chi connectivity index (χ1n) is 11.1. The van der Waals surface area contributed by atoms with Crippen molar-refractivity contribution in [3.05, 3.63) is 52.1 Å². The highest BCUT2D eigenvalue weighted by Crippen LogP contribution is 2.30. The average molecular weight is 511 g/mol. The number of benzene rings is 1. The molecule has 1 aromatic carbocycles. The number of aromatic nitrogens is 1. The number of hydrogen-bond acceptors (Lipinski definition) is 6. The normalized spacial score (nSPS) is 19.8. The molecule has 0 spiro atoms. The van der Waals surface area contributed by atoms with Crippen LogP contribution in [0.4, 0.5) is 11.5 Å². The number of pyridine rings is 1. The Hall–Kier alpha value is -1.87. The minimum atomic E-state index is -2.85. The molecular formula is C23H28Cl2N4O3S. The van der Waals surface area contributed by atoms with Gasteiger partial charge in [-0.1, -0.05) is 23.2 Å². The summed E-state index contributed by atoms with van der Waals surface area (Å²) in [6, 6.07) is 9.30. The third-order valence-corrected chi connectivity index (χ3v) is 8.81. The van der Waals surface area contributed by atoms with Crippen molar-refractivity contribution in [3.63, 3.8) is 0 Å². The number of carbonyl (C=O) groups is 1. The van der Waals surface area contributed by atoms with Crippen LogP contribution in [0.25, 0.3) is 0 Å². The molecule has 2 aliphatic rings. The summed E-state index contributed by atoms with van der Waals surface area (Å²) in [6.45, 7) is 1.84. The molecular weight excluding hydrogens is 483 g/mol. The summed E-state index contributed by atoms with van der Waals surface area (Å²) in [5.74, 6) is 0.725. The van der Waals surface area contributed by atoms with Crippen molar-refractivity contribution in [2.24, 2.45) is 0 Å². The Kier molecular flexibility index (Phi) is 7.48. The van der Waals surface area contributed by atoms with Gasteiger partial charge in [0, 0.05) is 49.1 Å². The minimum absolute atomic E-state index is 0.273. The summed E-state index contributed by atoms with van der Waals surface area (Å²) in [4.78, 5) is 21.8. The molecule has 7 nitrogen and oxygen atoms in total. The number of rotatable bonds is 5. The van der Waals surface area contributed by atoms with Crippen molar-refractivity contribution in [2.75, 3.05) is 41.9 Å². The molecule has 0 bridgehead atoms. The zero-order valence-corrected chi connectivity index (χ0v) is 20.8. The van der Waals surface area contributed by atoms with Gasteiger partial charge in [-0.15, -0.1) is 0 Å². The van der Waals surface area contributed by atoms with Gasteiger partial charge in [0.25, 0.3) is 5.91 Å². The summed E-state index contributed by atoms with van der Waals surface area (Å²) in [5, 5.41) is 3.80. The summed E-state index contributed by atoms with van der Waals surface area (Å²) >= 11 is 12.1. The zero-order chi connectivity index (χ0) is 23.6. The number of nitrogens with zero attached hydrogens (tertiary/aromatic N) is 3. The van der Waals surface area contributed by atoms with E-state index in [1.807, 2.05) is 13.1 Å². The van der Waals surface area contributed by atoms with E-state index < -0.39 is 9.84 Å². The Morgan fingerprint density at radius 3 is 2.36 bits per heavy atom. The summed E-state index contributed by atoms with van der Waals surface area (Å²) in [7, 11) is -0.842. The highest BCUT2D eigenvalue weighted by molar-refractivity contribution is 7.91. The molecule has 1 amide bonds. The van der Waals surface area contributed by atoms with E-state index in [0.717, 1.165) is 44.5 Å². The molecule has 0 atom stereocenters. The molecule has 2 saturated heterocycles. The third-order valence-electron chi connectivity index (χ3n) is 6.64. The van der Waals surface area contributed by atoms with E-state index in [-0.39, 0.29) is 11.9 Å². The van der Waals surface area contributed by atoms with E-state index in [1.165, 1.54) is 6.20 Å². The van der Waals surface area contributed by atoms with Gasteiger partial charge in [0.05, 0.1) is 22.1 Å². The van der Waals surface area contributed by atoms with Gasteiger partial charge in [0.1, 0.15) is 15.7 Å². The Balaban J connectivity index is 1.42. The molecule has 0 unspecified atom stereocenters. The van der Waals surface area contributed by atoms with Gasteiger partial charge in [-0.3, -0.25) is 4.79 Å². The first-order valence-corrected chi connectivity index (χ1v) is 13.7. The molecule has 10 heteroatoms. The summed E-state index contributed by atoms with van der Waals surface area (Å²) < 4.78 is 23.5. The van der Waals surface area contributed by atoms with E-state index in [2.05, 4.69) is 20.1 Å². The van der Waals surface area contributed by atoms with Gasteiger partial charge in [-0.05, 0) is 56.0 Å². The third kappa shape index (κ3) is 5.98. The van der Waals surface area contributed by atoms with E-state index in [0.29, 0.717) is 39.0 Å². The molecule has 2 aliphatic heterocycles. The summed E-state index contributed by atoms with van der Waals surface area (Å²) in [5.41, 5.74) is 1.30. The summed E-state index contributed by atoms with van der Waals surface area (Å²) in [6.07, 6.45) is 4.83. The molecule has 0 aliphatic carbocycles. The van der Waals surface area contributed by atoms with Gasteiger partial charge >= 0.3 is 0 Å². The lowest BCUT2D eigenvalue weighted by molar-refractivity contribution is 0.102. The van der Waals surface area contributed by atoms with E-state index >= 15 is 0 Å². The van der Waals surface area contributed by atoms with Crippen LogP contribution >= 0.6 is 23.2 Å². The molecule has 3 heterocycles. The van der Waals surface area contributed by atoms with Crippen LogP contribution < -0.4 is 10.2 Å². The van der Waals surface area contributed by atoms with Crippen molar-refractivity contribution in [2.45, 2.75) is 37.8 Å². The van der Waals surface area contributed by atoms with Crippen molar-refractivity contribution >= 4 is 50.5 Å². The van der Waals surface area contributed by atoms with Crippen LogP contribution in [0.5, 0.6) is 0 Å². The second kappa shape index (κ2) is 10.2. The van der Waals surface area contributed by atoms with Crippen LogP contribution in [-0.4, -0.2) is 67.9 Å². The molecule has 2 aromatic rings. The predicted molar refractivity (Wildman–Crippen MR) is 133 cm³/mol. The Bertz CT molecular complexity index is 1090. The lowest BCUT2D eigenvalue weighted by atomic mass is 9.98. The minimum Gasteiger partial charge on any atom is -0.371 e. The fourth-order valence-corrected chi connectivity index (χ4v) is 6.46. The molecule has 0 radical (unpaired) electrons. The Morgan fingerprint density at radius 2 is 1.73 bits per heavy atom. The monoisotopic (exact) mass is 510 g/mol. The number of halogens is 2. The van der Waals surface area contributed by atoms with Gasteiger partial charge in [-0.2, -0.15) is 0 Å². The largest absolute Gasteiger partial charge is 0.371 e. The first-order chi connectivity index (χ1) is 15.7. The van der Waals surface area contributed by atoms with Crippen molar-refractivity contribution in [1.82, 2.24) is 9.88 Å². The molecule has 178 valence electrons. The van der Waals surface area contributed by atoms with Crippen LogP contribution in [0.1, 0.15) is 36.0 Å². The Morgan fingerprint density at radius 1 is 1.06 bits per heavy atom. The van der Waals surface area contributed by atoms with E-state index in [1.54, 1.807) is 24.3 Å². The fraction of sp³-hybridized carbons (Fsp3) is 0.478. The molecule has 1 aromatic heterocycles. The average Bonchev–Trinajstić information content (AvgIpc) is 2.80. The molecule has 33 heavy (non-hydrogen) atoms. The van der Waals surface area contributed by atoms with Crippen LogP contribution in [0, 0.1) is 0 Å². The topological polar surface area (TPSA) is 82.6 Å². The maximum atomic E-state index is 13.0. The van der Waals surface area contributed by atoms with Crippen molar-refractivity contribution < 1.29 is 13.2 Å². The van der Waals surface area contributed by atoms with E-state index in [4.69, 9.17) is 23.2 Å². The first kappa shape index (κ1) is 24.3. The number of nitrogens with one attached hydrogen (secondary N) is 1. The number of likely N-dealkylation sites (tertiary alicyclic amines) is 1. The second-order valence-electron chi connectivity index (χ2n) is 8.74. The van der Waals surface area contributed by atoms with Crippen LogP contribution in [0.15, 0.2) is 36.5 Å². The SMILES string of the molecule is CN(c1ccc(Cl)cc1C(=O)Nc1ccc(Cl)cn1)C1CCN(C2CCS(=O)(=O)CC2)CC1. The number of anilines is 2. The fourth-order valence-electron chi connectivity index (χ4n) is 4.71. The molecule has 1 N–H and O–H groups in total. The van der Waals surface area contributed by atoms with Crippen molar-refractivity contribution in [1.29, 1.82) is 0 Å². The highest BCUT2D eigenvalue weighted by Gasteiger charge is 2.32. The molecule has 0 saturated carbocycles. The smallest absolute Gasteiger partial charge is 0.258 e. The van der Waals surface area contributed by atoms with E-state index in [9.17, 15) is 13.2 Å². The maximum absolute atomic E-state index is 13.0. The van der Waals surface area contributed by atoms with Crippen LogP contribution in [0.2, 0.25) is 10.0 Å². The Labute approximate surface area is 205 Å². The van der Waals surface area contributed by atoms with Gasteiger partial charge in [0.15, 0.2) is 0 Å². The number of amides is 1. The molecule has 4 rings (SSSR count). The molecule has 2 fully saturated rings. The predicted octanol–water partition coefficient (Wildman–Crippen LogP) is 4.12. The highest BCUT2D eigenvalue weighted by atomic mass is 35.5. The number of piperidine rings is 1. The lowest BCUT2D eigenvalue weighted by Gasteiger charge is -2.42. The lowest BCUT2D eigenvalue weighted by Crippen LogP contribution is -2.49.